The highest BCUT2D eigenvalue weighted by atomic mass is 32.2. The number of methoxy groups -OCH3 is 1. The quantitative estimate of drug-likeness (QED) is 0.791. The van der Waals surface area contributed by atoms with Gasteiger partial charge in [-0.3, -0.25) is 0 Å². The van der Waals surface area contributed by atoms with E-state index in [2.05, 4.69) is 4.99 Å². The Bertz CT molecular complexity index is 724. The van der Waals surface area contributed by atoms with E-state index >= 15 is 0 Å². The summed E-state index contributed by atoms with van der Waals surface area (Å²) in [4.78, 5) is 19.0. The number of allylic oxidation sites excluding steroid dienone is 1. The van der Waals surface area contributed by atoms with Crippen LogP contribution in [0.25, 0.3) is 0 Å². The molecule has 0 saturated carbocycles. The van der Waals surface area contributed by atoms with Crippen LogP contribution in [0.2, 0.25) is 0 Å². The summed E-state index contributed by atoms with van der Waals surface area (Å²) in [7, 11) is 1.63. The number of amidine groups is 1. The Balaban J connectivity index is 2.10. The van der Waals surface area contributed by atoms with E-state index in [-0.39, 0.29) is 12.0 Å². The van der Waals surface area contributed by atoms with Gasteiger partial charge in [0.05, 0.1) is 31.0 Å². The second-order valence-corrected chi connectivity index (χ2v) is 5.98. The van der Waals surface area contributed by atoms with Crippen LogP contribution in [0.4, 0.5) is 0 Å². The second-order valence-electron chi connectivity index (χ2n) is 5.10. The molecule has 0 unspecified atom stereocenters. The molecule has 0 radical (unpaired) electrons. The summed E-state index contributed by atoms with van der Waals surface area (Å²) in [5.74, 6) is 0.425. The van der Waals surface area contributed by atoms with Crippen molar-refractivity contribution in [1.29, 1.82) is 0 Å². The fourth-order valence-corrected chi connectivity index (χ4v) is 3.50. The van der Waals surface area contributed by atoms with Gasteiger partial charge in [-0.1, -0.05) is 23.9 Å². The number of hydrogen-bond acceptors (Lipinski definition) is 6. The van der Waals surface area contributed by atoms with Crippen molar-refractivity contribution < 1.29 is 14.3 Å². The smallest absolute Gasteiger partial charge is 0.338 e. The highest BCUT2D eigenvalue weighted by molar-refractivity contribution is 8.16. The Morgan fingerprint density at radius 3 is 3.00 bits per heavy atom. The second kappa shape index (κ2) is 6.50. The van der Waals surface area contributed by atoms with Crippen molar-refractivity contribution in [2.24, 2.45) is 4.99 Å². The van der Waals surface area contributed by atoms with Gasteiger partial charge >= 0.3 is 5.97 Å². The Morgan fingerprint density at radius 2 is 2.26 bits per heavy atom. The van der Waals surface area contributed by atoms with Crippen LogP contribution in [0, 0.1) is 0 Å². The summed E-state index contributed by atoms with van der Waals surface area (Å²) in [6.45, 7) is 3.99. The molecule has 0 aliphatic carbocycles. The van der Waals surface area contributed by atoms with Gasteiger partial charge in [0.15, 0.2) is 5.17 Å². The normalized spacial score (nSPS) is 19.5. The minimum Gasteiger partial charge on any atom is -0.497 e. The van der Waals surface area contributed by atoms with Crippen LogP contribution >= 0.6 is 11.8 Å². The first-order chi connectivity index (χ1) is 11.2. The van der Waals surface area contributed by atoms with E-state index in [4.69, 9.17) is 9.47 Å². The number of fused-ring (bicyclic) bond motifs is 1. The van der Waals surface area contributed by atoms with E-state index in [9.17, 15) is 4.79 Å². The number of ether oxygens (including phenoxy) is 2. The van der Waals surface area contributed by atoms with Gasteiger partial charge in [-0.15, -0.1) is 0 Å². The summed E-state index contributed by atoms with van der Waals surface area (Å²) in [6.07, 6.45) is 1.94. The molecule has 2 aliphatic heterocycles. The molecule has 5 nitrogen and oxygen atoms in total. The largest absolute Gasteiger partial charge is 0.497 e. The molecule has 6 heteroatoms. The van der Waals surface area contributed by atoms with Crippen molar-refractivity contribution in [3.05, 3.63) is 52.7 Å². The molecule has 120 valence electrons. The molecule has 0 bridgehead atoms. The van der Waals surface area contributed by atoms with Gasteiger partial charge in [-0.2, -0.15) is 0 Å². The summed E-state index contributed by atoms with van der Waals surface area (Å²) >= 11 is 1.54. The molecule has 0 saturated heterocycles. The molecule has 1 aromatic carbocycles. The number of thioether (sulfide) groups is 1. The molecule has 2 heterocycles. The first-order valence-corrected chi connectivity index (χ1v) is 8.26. The number of rotatable bonds is 4. The summed E-state index contributed by atoms with van der Waals surface area (Å²) in [6, 6.07) is 7.47. The number of nitrogens with zero attached hydrogens (tertiary/aromatic N) is 2. The molecule has 0 aromatic heterocycles. The average Bonchev–Trinajstić information content (AvgIpc) is 3.01. The van der Waals surface area contributed by atoms with Crippen LogP contribution in [-0.2, 0) is 9.53 Å². The lowest BCUT2D eigenvalue weighted by atomic mass is 9.94. The van der Waals surface area contributed by atoms with Crippen molar-refractivity contribution in [2.45, 2.75) is 19.9 Å². The van der Waals surface area contributed by atoms with Crippen molar-refractivity contribution in [3.63, 3.8) is 0 Å². The van der Waals surface area contributed by atoms with Crippen molar-refractivity contribution >= 4 is 22.9 Å². The zero-order valence-corrected chi connectivity index (χ0v) is 14.1. The predicted octanol–water partition coefficient (Wildman–Crippen LogP) is 3.46. The van der Waals surface area contributed by atoms with Crippen molar-refractivity contribution in [3.8, 4) is 5.75 Å². The van der Waals surface area contributed by atoms with Crippen molar-refractivity contribution in [2.75, 3.05) is 13.7 Å². The molecular weight excluding hydrogens is 312 g/mol. The monoisotopic (exact) mass is 330 g/mol. The molecule has 1 atom stereocenters. The van der Waals surface area contributed by atoms with Gasteiger partial charge in [0.1, 0.15) is 5.75 Å². The van der Waals surface area contributed by atoms with Crippen LogP contribution in [-0.4, -0.2) is 29.8 Å². The number of aliphatic imine (C=N–C) groups is 1. The SMILES string of the molecule is CCOC(=O)C1=C(C)N=C2SC=CN2[C@@H]1c1cccc(OC)c1. The zero-order valence-electron chi connectivity index (χ0n) is 13.3. The van der Waals surface area contributed by atoms with Gasteiger partial charge in [-0.25, -0.2) is 9.79 Å². The lowest BCUT2D eigenvalue weighted by Crippen LogP contribution is -2.34. The van der Waals surface area contributed by atoms with Gasteiger partial charge in [0.2, 0.25) is 0 Å². The first kappa shape index (κ1) is 15.7. The Kier molecular flexibility index (Phi) is 4.43. The fourth-order valence-electron chi connectivity index (χ4n) is 2.71. The van der Waals surface area contributed by atoms with Crippen LogP contribution in [0.3, 0.4) is 0 Å². The molecule has 3 rings (SSSR count). The summed E-state index contributed by atoms with van der Waals surface area (Å²) in [5.41, 5.74) is 2.22. The maximum Gasteiger partial charge on any atom is 0.338 e. The number of hydrogen-bond donors (Lipinski definition) is 0. The van der Waals surface area contributed by atoms with E-state index in [1.807, 2.05) is 47.7 Å². The number of carbonyl (C=O) groups excluding carboxylic acids is 1. The van der Waals surface area contributed by atoms with Crippen molar-refractivity contribution in [1.82, 2.24) is 4.90 Å². The zero-order chi connectivity index (χ0) is 16.4. The van der Waals surface area contributed by atoms with E-state index in [1.165, 1.54) is 0 Å². The lowest BCUT2D eigenvalue weighted by Gasteiger charge is -2.33. The Hall–Kier alpha value is -2.21. The highest BCUT2D eigenvalue weighted by Gasteiger charge is 2.37. The van der Waals surface area contributed by atoms with Crippen LogP contribution in [0.15, 0.2) is 52.1 Å². The fraction of sp³-hybridized carbons (Fsp3) is 0.294. The molecule has 23 heavy (non-hydrogen) atoms. The third-order valence-electron chi connectivity index (χ3n) is 3.73. The molecule has 0 N–H and O–H groups in total. The first-order valence-electron chi connectivity index (χ1n) is 7.38. The van der Waals surface area contributed by atoms with Gasteiger partial charge in [0, 0.05) is 6.20 Å². The van der Waals surface area contributed by atoms with E-state index in [0.717, 1.165) is 16.5 Å². The molecule has 2 aliphatic rings. The summed E-state index contributed by atoms with van der Waals surface area (Å²) in [5, 5.41) is 2.83. The van der Waals surface area contributed by atoms with Crippen LogP contribution < -0.4 is 4.74 Å². The minimum absolute atomic E-state index is 0.261. The van der Waals surface area contributed by atoms with E-state index in [1.54, 1.807) is 25.8 Å². The third-order valence-corrected chi connectivity index (χ3v) is 4.50. The number of benzene rings is 1. The van der Waals surface area contributed by atoms with Gasteiger partial charge in [0.25, 0.3) is 0 Å². The van der Waals surface area contributed by atoms with E-state index in [0.29, 0.717) is 17.9 Å². The number of esters is 1. The van der Waals surface area contributed by atoms with Gasteiger partial charge < -0.3 is 14.4 Å². The minimum atomic E-state index is -0.328. The highest BCUT2D eigenvalue weighted by Crippen LogP contribution is 2.41. The molecule has 0 amide bonds. The molecule has 0 fully saturated rings. The predicted molar refractivity (Wildman–Crippen MR) is 91.1 cm³/mol. The maximum absolute atomic E-state index is 12.5. The number of carbonyl (C=O) groups is 1. The van der Waals surface area contributed by atoms with Crippen LogP contribution in [0.5, 0.6) is 5.75 Å². The molecular formula is C17H18N2O3S. The lowest BCUT2D eigenvalue weighted by molar-refractivity contribution is -0.139. The van der Waals surface area contributed by atoms with E-state index < -0.39 is 0 Å². The third kappa shape index (κ3) is 2.86. The average molecular weight is 330 g/mol. The molecule has 0 spiro atoms. The maximum atomic E-state index is 12.5. The Morgan fingerprint density at radius 1 is 1.43 bits per heavy atom. The standard InChI is InChI=1S/C17H18N2O3S/c1-4-22-16(20)14-11(2)18-17-19(8-9-23-17)15(14)12-6-5-7-13(10-12)21-3/h5-10,15H,4H2,1-3H3/t15-/m1/s1. The van der Waals surface area contributed by atoms with Gasteiger partial charge in [-0.05, 0) is 37.0 Å². The molecule has 1 aromatic rings. The Labute approximate surface area is 139 Å². The van der Waals surface area contributed by atoms with Crippen LogP contribution in [0.1, 0.15) is 25.5 Å². The summed E-state index contributed by atoms with van der Waals surface area (Å²) < 4.78 is 10.6. The topological polar surface area (TPSA) is 51.1 Å².